The largest absolute Gasteiger partial charge is 0.365 e. The Morgan fingerprint density at radius 3 is 2.23 bits per heavy atom. The molecule has 0 aliphatic rings. The molecule has 0 fully saturated rings. The third-order valence-electron chi connectivity index (χ3n) is 5.28. The van der Waals surface area contributed by atoms with Crippen molar-refractivity contribution in [2.24, 2.45) is 0 Å². The fraction of sp³-hybridized carbons (Fsp3) is 0.0769. The third kappa shape index (κ3) is 3.44. The Morgan fingerprint density at radius 2 is 1.50 bits per heavy atom. The number of anilines is 1. The molecule has 0 aliphatic heterocycles. The summed E-state index contributed by atoms with van der Waals surface area (Å²) >= 11 is 0. The standard InChI is InChI=1S/C26H22N4/c1-19-12-14-22(15-13-19)30-17-23(21-10-6-3-7-11-21)24-25(28-18-29-26(24)30)27-16-20-8-4-2-5-9-20/h2-15,17-18H,16H2,1H3,(H,27,28,29). The minimum absolute atomic E-state index is 0.705. The van der Waals surface area contributed by atoms with Crippen molar-refractivity contribution in [2.75, 3.05) is 5.32 Å². The van der Waals surface area contributed by atoms with E-state index in [1.54, 1.807) is 6.33 Å². The summed E-state index contributed by atoms with van der Waals surface area (Å²) in [6.45, 7) is 2.80. The van der Waals surface area contributed by atoms with Gasteiger partial charge in [-0.25, -0.2) is 9.97 Å². The van der Waals surface area contributed by atoms with Crippen LogP contribution in [0.3, 0.4) is 0 Å². The molecule has 0 spiro atoms. The van der Waals surface area contributed by atoms with Crippen molar-refractivity contribution < 1.29 is 0 Å². The van der Waals surface area contributed by atoms with Gasteiger partial charge in [-0.3, -0.25) is 0 Å². The lowest BCUT2D eigenvalue weighted by Crippen LogP contribution is -2.03. The molecule has 3 aromatic carbocycles. The first-order valence-electron chi connectivity index (χ1n) is 10.1. The average molecular weight is 390 g/mol. The SMILES string of the molecule is Cc1ccc(-n2cc(-c3ccccc3)c3c(NCc4ccccc4)ncnc32)cc1. The smallest absolute Gasteiger partial charge is 0.150 e. The van der Waals surface area contributed by atoms with E-state index in [2.05, 4.69) is 106 Å². The Balaban J connectivity index is 1.67. The lowest BCUT2D eigenvalue weighted by Gasteiger charge is -2.09. The lowest BCUT2D eigenvalue weighted by molar-refractivity contribution is 1.06. The molecule has 1 N–H and O–H groups in total. The van der Waals surface area contributed by atoms with Gasteiger partial charge in [-0.2, -0.15) is 0 Å². The predicted octanol–water partition coefficient (Wildman–Crippen LogP) is 6.01. The molecule has 5 rings (SSSR count). The number of hydrogen-bond acceptors (Lipinski definition) is 3. The molecule has 2 heterocycles. The summed E-state index contributed by atoms with van der Waals surface area (Å²) in [6, 6.07) is 29.3. The molecule has 0 bridgehead atoms. The van der Waals surface area contributed by atoms with E-state index in [-0.39, 0.29) is 0 Å². The van der Waals surface area contributed by atoms with E-state index >= 15 is 0 Å². The maximum absolute atomic E-state index is 4.65. The number of aromatic nitrogens is 3. The second kappa shape index (κ2) is 7.84. The van der Waals surface area contributed by atoms with Gasteiger partial charge in [0.05, 0.1) is 5.39 Å². The Kier molecular flexibility index (Phi) is 4.74. The second-order valence-electron chi connectivity index (χ2n) is 7.37. The van der Waals surface area contributed by atoms with E-state index in [1.165, 1.54) is 11.1 Å². The molecule has 0 unspecified atom stereocenters. The fourth-order valence-corrected chi connectivity index (χ4v) is 3.72. The first-order chi connectivity index (χ1) is 14.8. The van der Waals surface area contributed by atoms with E-state index in [0.717, 1.165) is 33.7 Å². The molecule has 0 saturated carbocycles. The molecule has 0 atom stereocenters. The molecule has 4 nitrogen and oxygen atoms in total. The lowest BCUT2D eigenvalue weighted by atomic mass is 10.1. The van der Waals surface area contributed by atoms with Crippen LogP contribution < -0.4 is 5.32 Å². The minimum atomic E-state index is 0.705. The Hall–Kier alpha value is -3.92. The van der Waals surface area contributed by atoms with Crippen LogP contribution in [0.5, 0.6) is 0 Å². The average Bonchev–Trinajstić information content (AvgIpc) is 3.20. The molecule has 30 heavy (non-hydrogen) atoms. The summed E-state index contributed by atoms with van der Waals surface area (Å²) in [6.07, 6.45) is 3.79. The number of benzene rings is 3. The number of fused-ring (bicyclic) bond motifs is 1. The van der Waals surface area contributed by atoms with E-state index < -0.39 is 0 Å². The van der Waals surface area contributed by atoms with Gasteiger partial charge in [0.25, 0.3) is 0 Å². The minimum Gasteiger partial charge on any atom is -0.365 e. The second-order valence-corrected chi connectivity index (χ2v) is 7.37. The molecule has 5 aromatic rings. The van der Waals surface area contributed by atoms with Gasteiger partial charge in [0, 0.05) is 24.0 Å². The summed E-state index contributed by atoms with van der Waals surface area (Å²) in [4.78, 5) is 9.25. The van der Waals surface area contributed by atoms with Gasteiger partial charge in [-0.1, -0.05) is 78.4 Å². The highest BCUT2D eigenvalue weighted by molar-refractivity contribution is 6.02. The van der Waals surface area contributed by atoms with Gasteiger partial charge in [0.1, 0.15) is 12.1 Å². The monoisotopic (exact) mass is 390 g/mol. The fourth-order valence-electron chi connectivity index (χ4n) is 3.72. The van der Waals surface area contributed by atoms with Crippen molar-refractivity contribution >= 4 is 16.9 Å². The topological polar surface area (TPSA) is 42.7 Å². The first-order valence-corrected chi connectivity index (χ1v) is 10.1. The van der Waals surface area contributed by atoms with Gasteiger partial charge in [0.2, 0.25) is 0 Å². The number of nitrogens with zero attached hydrogens (tertiary/aromatic N) is 3. The van der Waals surface area contributed by atoms with E-state index in [9.17, 15) is 0 Å². The third-order valence-corrected chi connectivity index (χ3v) is 5.28. The molecule has 2 aromatic heterocycles. The highest BCUT2D eigenvalue weighted by Crippen LogP contribution is 2.35. The van der Waals surface area contributed by atoms with Crippen LogP contribution in [0.25, 0.3) is 27.8 Å². The van der Waals surface area contributed by atoms with E-state index in [1.807, 2.05) is 12.1 Å². The van der Waals surface area contributed by atoms with Crippen LogP contribution in [0.1, 0.15) is 11.1 Å². The van der Waals surface area contributed by atoms with Crippen molar-refractivity contribution in [3.63, 3.8) is 0 Å². The molecule has 0 aliphatic carbocycles. The normalized spacial score (nSPS) is 11.0. The molecular weight excluding hydrogens is 368 g/mol. The Morgan fingerprint density at radius 1 is 0.800 bits per heavy atom. The van der Waals surface area contributed by atoms with Gasteiger partial charge < -0.3 is 9.88 Å². The highest BCUT2D eigenvalue weighted by atomic mass is 15.1. The van der Waals surface area contributed by atoms with Crippen LogP contribution in [0, 0.1) is 6.92 Å². The molecule has 0 saturated heterocycles. The Bertz CT molecular complexity index is 1270. The van der Waals surface area contributed by atoms with Gasteiger partial charge in [0.15, 0.2) is 5.65 Å². The summed E-state index contributed by atoms with van der Waals surface area (Å²) in [5, 5.41) is 4.55. The summed E-state index contributed by atoms with van der Waals surface area (Å²) in [5.74, 6) is 0.841. The number of hydrogen-bond donors (Lipinski definition) is 1. The summed E-state index contributed by atoms with van der Waals surface area (Å²) in [5.41, 5.74) is 6.68. The zero-order valence-electron chi connectivity index (χ0n) is 16.8. The maximum Gasteiger partial charge on any atom is 0.150 e. The molecular formula is C26H22N4. The van der Waals surface area contributed by atoms with Gasteiger partial charge in [-0.05, 0) is 30.2 Å². The van der Waals surface area contributed by atoms with Crippen molar-refractivity contribution in [3.8, 4) is 16.8 Å². The molecule has 0 radical (unpaired) electrons. The van der Waals surface area contributed by atoms with Gasteiger partial charge >= 0.3 is 0 Å². The molecule has 0 amide bonds. The van der Waals surface area contributed by atoms with Crippen molar-refractivity contribution in [2.45, 2.75) is 13.5 Å². The van der Waals surface area contributed by atoms with Crippen LogP contribution in [-0.4, -0.2) is 14.5 Å². The van der Waals surface area contributed by atoms with Crippen molar-refractivity contribution in [3.05, 3.63) is 109 Å². The van der Waals surface area contributed by atoms with Crippen LogP contribution in [0.2, 0.25) is 0 Å². The Labute approximate surface area is 175 Å². The zero-order valence-corrected chi connectivity index (χ0v) is 16.8. The van der Waals surface area contributed by atoms with Crippen LogP contribution >= 0.6 is 0 Å². The van der Waals surface area contributed by atoms with Crippen LogP contribution in [0.4, 0.5) is 5.82 Å². The van der Waals surface area contributed by atoms with Crippen molar-refractivity contribution in [1.29, 1.82) is 0 Å². The van der Waals surface area contributed by atoms with E-state index in [0.29, 0.717) is 6.54 Å². The first kappa shape index (κ1) is 18.1. The van der Waals surface area contributed by atoms with Gasteiger partial charge in [-0.15, -0.1) is 0 Å². The number of aryl methyl sites for hydroxylation is 1. The number of rotatable bonds is 5. The molecule has 4 heteroatoms. The maximum atomic E-state index is 4.65. The van der Waals surface area contributed by atoms with E-state index in [4.69, 9.17) is 0 Å². The van der Waals surface area contributed by atoms with Crippen LogP contribution in [0.15, 0.2) is 97.5 Å². The quantitative estimate of drug-likeness (QED) is 0.400. The molecule has 146 valence electrons. The van der Waals surface area contributed by atoms with Crippen LogP contribution in [-0.2, 0) is 6.54 Å². The zero-order chi connectivity index (χ0) is 20.3. The highest BCUT2D eigenvalue weighted by Gasteiger charge is 2.17. The summed E-state index contributed by atoms with van der Waals surface area (Å²) < 4.78 is 2.15. The van der Waals surface area contributed by atoms with Crippen molar-refractivity contribution in [1.82, 2.24) is 14.5 Å². The number of nitrogens with one attached hydrogen (secondary N) is 1. The predicted molar refractivity (Wildman–Crippen MR) is 123 cm³/mol. The summed E-state index contributed by atoms with van der Waals surface area (Å²) in [7, 11) is 0.